The molecule has 2 atom stereocenters. The van der Waals surface area contributed by atoms with Crippen molar-refractivity contribution in [2.24, 2.45) is 5.92 Å². The quantitative estimate of drug-likeness (QED) is 0.351. The van der Waals surface area contributed by atoms with Gasteiger partial charge >= 0.3 is 5.97 Å². The van der Waals surface area contributed by atoms with Crippen molar-refractivity contribution in [3.63, 3.8) is 0 Å². The number of carbonyl (C=O) groups is 2. The summed E-state index contributed by atoms with van der Waals surface area (Å²) in [7, 11) is 0. The molecule has 26 heavy (non-hydrogen) atoms. The highest BCUT2D eigenvalue weighted by molar-refractivity contribution is 8.03. The van der Waals surface area contributed by atoms with Gasteiger partial charge in [0.15, 0.2) is 0 Å². The first kappa shape index (κ1) is 19.5. The molecular formula is C17H17N3O5S. The number of esters is 1. The van der Waals surface area contributed by atoms with Crippen molar-refractivity contribution in [2.45, 2.75) is 19.8 Å². The highest BCUT2D eigenvalue weighted by atomic mass is 32.2. The topological polar surface area (TPSA) is 122 Å². The molecule has 0 bridgehead atoms. The third-order valence-corrected chi connectivity index (χ3v) is 4.73. The summed E-state index contributed by atoms with van der Waals surface area (Å²) in [4.78, 5) is 35.8. The molecule has 1 N–H and O–H groups in total. The Balaban J connectivity index is 2.72. The number of nitrogens with one attached hydrogen (secondary N) is 1. The summed E-state index contributed by atoms with van der Waals surface area (Å²) in [6, 6.07) is 7.81. The molecule has 2 rings (SSSR count). The fraction of sp³-hybridized carbons (Fsp3) is 0.353. The molecular weight excluding hydrogens is 358 g/mol. The van der Waals surface area contributed by atoms with Crippen LogP contribution in [0.5, 0.6) is 0 Å². The van der Waals surface area contributed by atoms with Crippen LogP contribution in [0.2, 0.25) is 0 Å². The van der Waals surface area contributed by atoms with Crippen LogP contribution in [0.15, 0.2) is 34.9 Å². The zero-order chi connectivity index (χ0) is 19.3. The van der Waals surface area contributed by atoms with Gasteiger partial charge in [0.05, 0.1) is 34.1 Å². The molecule has 1 aliphatic rings. The maximum Gasteiger partial charge on any atom is 0.319 e. The molecule has 9 heteroatoms. The van der Waals surface area contributed by atoms with Crippen molar-refractivity contribution in [1.29, 1.82) is 5.26 Å². The zero-order valence-corrected chi connectivity index (χ0v) is 15.0. The minimum atomic E-state index is -1.37. The minimum Gasteiger partial charge on any atom is -0.465 e. The number of hydrogen-bond acceptors (Lipinski definition) is 7. The van der Waals surface area contributed by atoms with E-state index in [1.807, 2.05) is 13.0 Å². The number of carbonyl (C=O) groups excluding carboxylic acids is 2. The van der Waals surface area contributed by atoms with Gasteiger partial charge in [-0.1, -0.05) is 25.1 Å². The molecule has 0 radical (unpaired) electrons. The molecule has 0 aliphatic carbocycles. The lowest BCUT2D eigenvalue weighted by Crippen LogP contribution is -2.44. The van der Waals surface area contributed by atoms with Crippen LogP contribution in [-0.2, 0) is 14.3 Å². The van der Waals surface area contributed by atoms with Gasteiger partial charge in [0.1, 0.15) is 5.92 Å². The Labute approximate surface area is 154 Å². The molecule has 1 aromatic carbocycles. The number of nitro groups is 1. The van der Waals surface area contributed by atoms with Crippen LogP contribution in [0.3, 0.4) is 0 Å². The van der Waals surface area contributed by atoms with Gasteiger partial charge in [-0.3, -0.25) is 19.7 Å². The maximum absolute atomic E-state index is 12.6. The number of hydrogen-bond donors (Lipinski definition) is 1. The monoisotopic (exact) mass is 375 g/mol. The SMILES string of the molecule is CCOC(=O)[C@H]1C(=O)NC(SCC)=C(C#N)[C@H]1c1ccccc1[N+](=O)[O-]. The number of thioether (sulfide) groups is 1. The van der Waals surface area contributed by atoms with Gasteiger partial charge in [-0.05, 0) is 12.7 Å². The molecule has 1 amide bonds. The highest BCUT2D eigenvalue weighted by Crippen LogP contribution is 2.43. The predicted octanol–water partition coefficient (Wildman–Crippen LogP) is 2.48. The highest BCUT2D eigenvalue weighted by Gasteiger charge is 2.46. The standard InChI is InChI=1S/C17H17N3O5S/c1-3-25-17(22)14-13(10-7-5-6-8-12(10)20(23)24)11(9-18)16(26-4-2)19-15(14)21/h5-8,13-14H,3-4H2,1-2H3,(H,19,21)/t13-,14-/m1/s1. The number of ether oxygens (including phenoxy) is 1. The summed E-state index contributed by atoms with van der Waals surface area (Å²) in [6.45, 7) is 3.49. The first-order chi connectivity index (χ1) is 12.5. The molecule has 1 aromatic rings. The Hall–Kier alpha value is -2.86. The summed E-state index contributed by atoms with van der Waals surface area (Å²) >= 11 is 1.23. The summed E-state index contributed by atoms with van der Waals surface area (Å²) < 4.78 is 4.98. The van der Waals surface area contributed by atoms with Crippen molar-refractivity contribution in [2.75, 3.05) is 12.4 Å². The Kier molecular flexibility index (Phi) is 6.36. The fourth-order valence-corrected chi connectivity index (χ4v) is 3.61. The predicted molar refractivity (Wildman–Crippen MR) is 94.9 cm³/mol. The van der Waals surface area contributed by atoms with E-state index in [2.05, 4.69) is 5.32 Å². The number of amides is 1. The van der Waals surface area contributed by atoms with Gasteiger partial charge in [-0.25, -0.2) is 0 Å². The number of benzene rings is 1. The molecule has 8 nitrogen and oxygen atoms in total. The van der Waals surface area contributed by atoms with Crippen molar-refractivity contribution in [3.05, 3.63) is 50.5 Å². The second kappa shape index (κ2) is 8.49. The number of rotatable bonds is 6. The van der Waals surface area contributed by atoms with Crippen molar-refractivity contribution >= 4 is 29.3 Å². The molecule has 0 spiro atoms. The molecule has 0 unspecified atom stereocenters. The smallest absolute Gasteiger partial charge is 0.319 e. The molecule has 0 saturated carbocycles. The summed E-state index contributed by atoms with van der Waals surface area (Å²) in [6.07, 6.45) is 0. The van der Waals surface area contributed by atoms with Crippen molar-refractivity contribution < 1.29 is 19.2 Å². The minimum absolute atomic E-state index is 0.0500. The molecule has 0 aromatic heterocycles. The lowest BCUT2D eigenvalue weighted by atomic mass is 9.78. The summed E-state index contributed by atoms with van der Waals surface area (Å²) in [5, 5.41) is 24.0. The maximum atomic E-state index is 12.6. The first-order valence-electron chi connectivity index (χ1n) is 7.94. The Morgan fingerprint density at radius 1 is 1.42 bits per heavy atom. The second-order valence-electron chi connectivity index (χ2n) is 5.30. The van der Waals surface area contributed by atoms with E-state index in [0.717, 1.165) is 0 Å². The average molecular weight is 375 g/mol. The van der Waals surface area contributed by atoms with Crippen LogP contribution in [-0.4, -0.2) is 29.2 Å². The Morgan fingerprint density at radius 2 is 2.12 bits per heavy atom. The normalized spacial score (nSPS) is 19.5. The molecule has 1 heterocycles. The number of nitrogens with zero attached hydrogens (tertiary/aromatic N) is 2. The Bertz CT molecular complexity index is 815. The fourth-order valence-electron chi connectivity index (χ4n) is 2.82. The van der Waals surface area contributed by atoms with Gasteiger partial charge in [0, 0.05) is 11.6 Å². The average Bonchev–Trinajstić information content (AvgIpc) is 2.61. The third kappa shape index (κ3) is 3.70. The molecule has 1 aliphatic heterocycles. The van der Waals surface area contributed by atoms with Crippen molar-refractivity contribution in [3.8, 4) is 6.07 Å². The molecule has 0 fully saturated rings. The molecule has 136 valence electrons. The first-order valence-corrected chi connectivity index (χ1v) is 8.92. The largest absolute Gasteiger partial charge is 0.465 e. The number of allylic oxidation sites excluding steroid dienone is 1. The summed E-state index contributed by atoms with van der Waals surface area (Å²) in [5.74, 6) is -3.33. The number of para-hydroxylation sites is 1. The van der Waals surface area contributed by atoms with Crippen LogP contribution in [0.25, 0.3) is 0 Å². The van der Waals surface area contributed by atoms with E-state index < -0.39 is 28.6 Å². The van der Waals surface area contributed by atoms with Gasteiger partial charge < -0.3 is 10.1 Å². The van der Waals surface area contributed by atoms with Gasteiger partial charge in [-0.15, -0.1) is 11.8 Å². The van der Waals surface area contributed by atoms with Gasteiger partial charge in [0.2, 0.25) is 5.91 Å². The van der Waals surface area contributed by atoms with Gasteiger partial charge in [-0.2, -0.15) is 5.26 Å². The van der Waals surface area contributed by atoms with Crippen LogP contribution in [0.4, 0.5) is 5.69 Å². The van der Waals surface area contributed by atoms with E-state index in [0.29, 0.717) is 10.8 Å². The van der Waals surface area contributed by atoms with E-state index in [4.69, 9.17) is 4.74 Å². The van der Waals surface area contributed by atoms with Crippen molar-refractivity contribution in [1.82, 2.24) is 5.32 Å². The van der Waals surface area contributed by atoms with E-state index in [1.165, 1.54) is 30.0 Å². The lowest BCUT2D eigenvalue weighted by molar-refractivity contribution is -0.385. The zero-order valence-electron chi connectivity index (χ0n) is 14.2. The summed E-state index contributed by atoms with van der Waals surface area (Å²) in [5.41, 5.74) is -0.00458. The van der Waals surface area contributed by atoms with Crippen LogP contribution >= 0.6 is 11.8 Å². The number of nitriles is 1. The van der Waals surface area contributed by atoms with Gasteiger partial charge in [0.25, 0.3) is 5.69 Å². The molecule has 0 saturated heterocycles. The van der Waals surface area contributed by atoms with E-state index in [1.54, 1.807) is 13.0 Å². The van der Waals surface area contributed by atoms with Crippen LogP contribution in [0, 0.1) is 27.4 Å². The third-order valence-electron chi connectivity index (χ3n) is 3.83. The Morgan fingerprint density at radius 3 is 2.69 bits per heavy atom. The number of nitro benzene ring substituents is 1. The van der Waals surface area contributed by atoms with Crippen LogP contribution < -0.4 is 5.32 Å². The second-order valence-corrected chi connectivity index (χ2v) is 6.57. The van der Waals surface area contributed by atoms with E-state index in [-0.39, 0.29) is 23.4 Å². The van der Waals surface area contributed by atoms with E-state index in [9.17, 15) is 25.0 Å². The van der Waals surface area contributed by atoms with Crippen LogP contribution in [0.1, 0.15) is 25.3 Å². The van der Waals surface area contributed by atoms with E-state index >= 15 is 0 Å². The lowest BCUT2D eigenvalue weighted by Gasteiger charge is -2.30.